The fourth-order valence-electron chi connectivity index (χ4n) is 3.73. The molecule has 0 fully saturated rings. The largest absolute Gasteiger partial charge is 0.491 e. The molecule has 1 unspecified atom stereocenters. The number of carbonyl (C=O) groups is 1. The molecule has 0 aliphatic heterocycles. The van der Waals surface area contributed by atoms with Gasteiger partial charge in [0.2, 0.25) is 0 Å². The average Bonchev–Trinajstić information content (AvgIpc) is 3.04. The Kier molecular flexibility index (Phi) is 4.37. The highest BCUT2D eigenvalue weighted by Gasteiger charge is 2.39. The van der Waals surface area contributed by atoms with Crippen LogP contribution < -0.4 is 4.74 Å². The Bertz CT molecular complexity index is 1050. The van der Waals surface area contributed by atoms with Crippen molar-refractivity contribution in [3.8, 4) is 5.75 Å². The number of ketones is 1. The molecule has 0 saturated heterocycles. The number of rotatable bonds is 4. The van der Waals surface area contributed by atoms with Crippen LogP contribution in [-0.2, 0) is 5.41 Å². The Balaban J connectivity index is 1.83. The summed E-state index contributed by atoms with van der Waals surface area (Å²) in [6, 6.07) is 11.3. The van der Waals surface area contributed by atoms with Crippen molar-refractivity contribution < 1.29 is 19.7 Å². The number of aliphatic hydroxyl groups excluding tert-OH is 2. The summed E-state index contributed by atoms with van der Waals surface area (Å²) in [6.45, 7) is 3.79. The van der Waals surface area contributed by atoms with Crippen molar-refractivity contribution in [2.24, 2.45) is 0 Å². The predicted molar refractivity (Wildman–Crippen MR) is 107 cm³/mol. The number of aliphatic hydroxyl groups is 2. The van der Waals surface area contributed by atoms with E-state index in [0.29, 0.717) is 16.9 Å². The number of aromatic amines is 1. The highest BCUT2D eigenvalue weighted by Crippen LogP contribution is 2.44. The molecule has 1 aliphatic rings. The molecule has 0 amide bonds. The number of nitrogens with one attached hydrogen (secondary N) is 1. The summed E-state index contributed by atoms with van der Waals surface area (Å²) in [6.07, 6.45) is -0.952. The average molecular weight is 430 g/mol. The third-order valence-corrected chi connectivity index (χ3v) is 5.67. The zero-order chi connectivity index (χ0) is 19.3. The predicted octanol–water partition coefficient (Wildman–Crippen LogP) is 3.53. The van der Waals surface area contributed by atoms with E-state index in [1.807, 2.05) is 24.3 Å². The Morgan fingerprint density at radius 2 is 2.00 bits per heavy atom. The summed E-state index contributed by atoms with van der Waals surface area (Å²) < 4.78 is 6.49. The standard InChI is InChI=1S/C21H20BrNO4/c1-21(2)16-6-4-13(27-10-12(25)9-24)8-15(16)19(26)18-14-5-3-11(22)7-17(14)23-20(18)21/h3-8,12,23-25H,9-10H2,1-2H3. The van der Waals surface area contributed by atoms with Crippen LogP contribution in [0.3, 0.4) is 0 Å². The lowest BCUT2D eigenvalue weighted by Gasteiger charge is -2.32. The number of halogens is 1. The Hall–Kier alpha value is -2.15. The lowest BCUT2D eigenvalue weighted by molar-refractivity contribution is 0.0535. The van der Waals surface area contributed by atoms with Gasteiger partial charge in [-0.15, -0.1) is 0 Å². The van der Waals surface area contributed by atoms with Gasteiger partial charge >= 0.3 is 0 Å². The summed E-state index contributed by atoms with van der Waals surface area (Å²) in [5.74, 6) is 0.456. The van der Waals surface area contributed by atoms with Crippen LogP contribution in [0, 0.1) is 0 Å². The second-order valence-electron chi connectivity index (χ2n) is 7.37. The minimum Gasteiger partial charge on any atom is -0.491 e. The molecular formula is C21H20BrNO4. The van der Waals surface area contributed by atoms with Crippen LogP contribution in [0.2, 0.25) is 0 Å². The highest BCUT2D eigenvalue weighted by molar-refractivity contribution is 9.10. The van der Waals surface area contributed by atoms with E-state index in [-0.39, 0.29) is 24.4 Å². The lowest BCUT2D eigenvalue weighted by Crippen LogP contribution is -2.30. The summed E-state index contributed by atoms with van der Waals surface area (Å²) in [7, 11) is 0. The summed E-state index contributed by atoms with van der Waals surface area (Å²) in [5.41, 5.74) is 3.70. The first-order valence-electron chi connectivity index (χ1n) is 8.75. The minimum atomic E-state index is -0.952. The molecule has 1 aliphatic carbocycles. The molecule has 27 heavy (non-hydrogen) atoms. The molecular weight excluding hydrogens is 410 g/mol. The normalized spacial score (nSPS) is 16.1. The molecule has 1 aromatic heterocycles. The van der Waals surface area contributed by atoms with E-state index in [1.54, 1.807) is 12.1 Å². The van der Waals surface area contributed by atoms with E-state index >= 15 is 0 Å². The number of hydrogen-bond donors (Lipinski definition) is 3. The topological polar surface area (TPSA) is 82.5 Å². The van der Waals surface area contributed by atoms with Gasteiger partial charge in [0.1, 0.15) is 18.5 Å². The SMILES string of the molecule is CC1(C)c2ccc(OCC(O)CO)cc2C(=O)c2c1[nH]c1cc(Br)ccc21. The summed E-state index contributed by atoms with van der Waals surface area (Å²) in [4.78, 5) is 16.8. The molecule has 4 rings (SSSR count). The van der Waals surface area contributed by atoms with E-state index in [1.165, 1.54) is 0 Å². The van der Waals surface area contributed by atoms with Gasteiger partial charge in [-0.2, -0.15) is 0 Å². The maximum Gasteiger partial charge on any atom is 0.195 e. The van der Waals surface area contributed by atoms with Crippen molar-refractivity contribution in [3.63, 3.8) is 0 Å². The Labute approximate surface area is 165 Å². The van der Waals surface area contributed by atoms with Gasteiger partial charge in [-0.3, -0.25) is 4.79 Å². The van der Waals surface area contributed by atoms with Crippen LogP contribution in [-0.4, -0.2) is 40.3 Å². The van der Waals surface area contributed by atoms with Crippen LogP contribution in [0.15, 0.2) is 40.9 Å². The minimum absolute atomic E-state index is 0.0285. The molecule has 3 N–H and O–H groups in total. The summed E-state index contributed by atoms with van der Waals surface area (Å²) >= 11 is 3.48. The number of carbonyl (C=O) groups excluding carboxylic acids is 1. The second kappa shape index (κ2) is 6.48. The van der Waals surface area contributed by atoms with Crippen molar-refractivity contribution in [2.45, 2.75) is 25.4 Å². The van der Waals surface area contributed by atoms with Crippen LogP contribution in [0.25, 0.3) is 10.9 Å². The van der Waals surface area contributed by atoms with Crippen molar-refractivity contribution >= 4 is 32.6 Å². The second-order valence-corrected chi connectivity index (χ2v) is 8.29. The molecule has 1 atom stereocenters. The van der Waals surface area contributed by atoms with Gasteiger partial charge in [-0.05, 0) is 29.8 Å². The molecule has 1 heterocycles. The fraction of sp³-hybridized carbons (Fsp3) is 0.286. The molecule has 140 valence electrons. The quantitative estimate of drug-likeness (QED) is 0.592. The third-order valence-electron chi connectivity index (χ3n) is 5.17. The molecule has 0 spiro atoms. The lowest BCUT2D eigenvalue weighted by atomic mass is 9.71. The van der Waals surface area contributed by atoms with Gasteiger partial charge in [0.25, 0.3) is 0 Å². The molecule has 5 nitrogen and oxygen atoms in total. The van der Waals surface area contributed by atoms with Gasteiger partial charge in [0.15, 0.2) is 5.78 Å². The smallest absolute Gasteiger partial charge is 0.195 e. The molecule has 0 radical (unpaired) electrons. The first-order valence-corrected chi connectivity index (χ1v) is 9.55. The van der Waals surface area contributed by atoms with E-state index < -0.39 is 6.10 Å². The van der Waals surface area contributed by atoms with Crippen LogP contribution in [0.5, 0.6) is 5.75 Å². The maximum absolute atomic E-state index is 13.3. The Morgan fingerprint density at radius 3 is 2.74 bits per heavy atom. The molecule has 0 bridgehead atoms. The van der Waals surface area contributed by atoms with Crippen molar-refractivity contribution in [1.29, 1.82) is 0 Å². The Morgan fingerprint density at radius 1 is 1.22 bits per heavy atom. The van der Waals surface area contributed by atoms with E-state index in [9.17, 15) is 9.90 Å². The maximum atomic E-state index is 13.3. The van der Waals surface area contributed by atoms with Gasteiger partial charge < -0.3 is 19.9 Å². The number of H-pyrrole nitrogens is 1. The van der Waals surface area contributed by atoms with E-state index in [2.05, 4.69) is 34.8 Å². The van der Waals surface area contributed by atoms with Gasteiger partial charge in [0, 0.05) is 32.0 Å². The number of ether oxygens (including phenoxy) is 1. The van der Waals surface area contributed by atoms with Crippen molar-refractivity contribution in [2.75, 3.05) is 13.2 Å². The highest BCUT2D eigenvalue weighted by atomic mass is 79.9. The van der Waals surface area contributed by atoms with Crippen LogP contribution in [0.1, 0.15) is 41.0 Å². The number of fused-ring (bicyclic) bond motifs is 4. The van der Waals surface area contributed by atoms with Crippen molar-refractivity contribution in [1.82, 2.24) is 4.98 Å². The number of aromatic nitrogens is 1. The fourth-order valence-corrected chi connectivity index (χ4v) is 4.10. The molecule has 3 aromatic rings. The first-order chi connectivity index (χ1) is 12.8. The van der Waals surface area contributed by atoms with Gasteiger partial charge in [-0.25, -0.2) is 0 Å². The van der Waals surface area contributed by atoms with Crippen LogP contribution >= 0.6 is 15.9 Å². The first kappa shape index (κ1) is 18.2. The van der Waals surface area contributed by atoms with E-state index in [0.717, 1.165) is 26.6 Å². The zero-order valence-corrected chi connectivity index (χ0v) is 16.6. The molecule has 2 aromatic carbocycles. The zero-order valence-electron chi connectivity index (χ0n) is 15.0. The monoisotopic (exact) mass is 429 g/mol. The molecule has 0 saturated carbocycles. The number of hydrogen-bond acceptors (Lipinski definition) is 4. The molecule has 6 heteroatoms. The third kappa shape index (κ3) is 2.88. The van der Waals surface area contributed by atoms with Crippen molar-refractivity contribution in [3.05, 3.63) is 63.3 Å². The van der Waals surface area contributed by atoms with Crippen LogP contribution in [0.4, 0.5) is 0 Å². The number of benzene rings is 2. The van der Waals surface area contributed by atoms with E-state index in [4.69, 9.17) is 9.84 Å². The van der Waals surface area contributed by atoms with Gasteiger partial charge in [0.05, 0.1) is 12.2 Å². The summed E-state index contributed by atoms with van der Waals surface area (Å²) in [5, 5.41) is 19.3. The van der Waals surface area contributed by atoms with Gasteiger partial charge in [-0.1, -0.05) is 41.9 Å².